The average Bonchev–Trinajstić information content (AvgIpc) is 2.51. The summed E-state index contributed by atoms with van der Waals surface area (Å²) in [6.07, 6.45) is 1.06. The predicted octanol–water partition coefficient (Wildman–Crippen LogP) is 2.99. The summed E-state index contributed by atoms with van der Waals surface area (Å²) in [7, 11) is 0. The molecule has 1 saturated heterocycles. The molecule has 1 aromatic heterocycles. The molecular formula is C21H28N2O4. The van der Waals surface area contributed by atoms with Crippen molar-refractivity contribution in [2.45, 2.75) is 70.7 Å². The van der Waals surface area contributed by atoms with Crippen LogP contribution in [0.2, 0.25) is 0 Å². The van der Waals surface area contributed by atoms with Crippen LogP contribution in [0.4, 0.5) is 0 Å². The van der Waals surface area contributed by atoms with E-state index in [-0.39, 0.29) is 23.0 Å². The molecule has 146 valence electrons. The van der Waals surface area contributed by atoms with Crippen molar-refractivity contribution in [2.75, 3.05) is 0 Å². The van der Waals surface area contributed by atoms with E-state index >= 15 is 0 Å². The predicted molar refractivity (Wildman–Crippen MR) is 105 cm³/mol. The van der Waals surface area contributed by atoms with Crippen LogP contribution >= 0.6 is 0 Å². The van der Waals surface area contributed by atoms with Crippen molar-refractivity contribution in [1.29, 1.82) is 0 Å². The first kappa shape index (κ1) is 19.4. The highest BCUT2D eigenvalue weighted by Crippen LogP contribution is 2.28. The fraction of sp³-hybridized carbons (Fsp3) is 0.524. The number of rotatable bonds is 4. The molecule has 1 atom stereocenters. The average molecular weight is 372 g/mol. The van der Waals surface area contributed by atoms with Crippen molar-refractivity contribution in [3.63, 3.8) is 0 Å². The Morgan fingerprint density at radius 1 is 1.19 bits per heavy atom. The molecule has 6 nitrogen and oxygen atoms in total. The molecule has 2 heterocycles. The van der Waals surface area contributed by atoms with Gasteiger partial charge in [0, 0.05) is 34.6 Å². The van der Waals surface area contributed by atoms with Crippen LogP contribution in [0.15, 0.2) is 39.5 Å². The summed E-state index contributed by atoms with van der Waals surface area (Å²) in [5.41, 5.74) is -0.0599. The number of ether oxygens (including phenoxy) is 1. The molecule has 0 radical (unpaired) electrons. The van der Waals surface area contributed by atoms with Gasteiger partial charge in [-0.25, -0.2) is 4.79 Å². The van der Waals surface area contributed by atoms with Gasteiger partial charge < -0.3 is 19.8 Å². The number of piperidine rings is 1. The number of amides is 1. The van der Waals surface area contributed by atoms with E-state index in [0.717, 1.165) is 18.2 Å². The van der Waals surface area contributed by atoms with E-state index in [0.29, 0.717) is 11.3 Å². The summed E-state index contributed by atoms with van der Waals surface area (Å²) in [5, 5.41) is 7.53. The van der Waals surface area contributed by atoms with Gasteiger partial charge in [0.15, 0.2) is 6.10 Å². The minimum Gasteiger partial charge on any atom is -0.481 e. The minimum absolute atomic E-state index is 0.0420. The highest BCUT2D eigenvalue weighted by atomic mass is 16.5. The molecule has 3 rings (SSSR count). The molecule has 1 aliphatic heterocycles. The molecule has 0 spiro atoms. The molecule has 0 bridgehead atoms. The second-order valence-corrected chi connectivity index (χ2v) is 8.72. The number of hydrogen-bond acceptors (Lipinski definition) is 5. The Labute approximate surface area is 159 Å². The van der Waals surface area contributed by atoms with E-state index in [1.54, 1.807) is 31.2 Å². The van der Waals surface area contributed by atoms with E-state index in [1.165, 1.54) is 6.07 Å². The number of hydrogen-bond donors (Lipinski definition) is 2. The zero-order valence-corrected chi connectivity index (χ0v) is 16.6. The van der Waals surface area contributed by atoms with Gasteiger partial charge in [-0.05, 0) is 65.7 Å². The smallest absolute Gasteiger partial charge is 0.336 e. The summed E-state index contributed by atoms with van der Waals surface area (Å²) in [6, 6.07) is 8.36. The van der Waals surface area contributed by atoms with E-state index < -0.39 is 11.7 Å². The molecule has 0 aliphatic carbocycles. The number of nitrogens with one attached hydrogen (secondary N) is 2. The molecule has 1 aliphatic rings. The SMILES string of the molecule is C[C@H](Oc1ccc2ccc(=O)oc2c1)C(=O)NC1CC(C)(C)NC(C)(C)C1. The lowest BCUT2D eigenvalue weighted by Gasteiger charge is -2.46. The largest absolute Gasteiger partial charge is 0.481 e. The lowest BCUT2D eigenvalue weighted by atomic mass is 9.79. The normalized spacial score (nSPS) is 20.2. The van der Waals surface area contributed by atoms with Crippen LogP contribution < -0.4 is 21.0 Å². The third kappa shape index (κ3) is 4.89. The van der Waals surface area contributed by atoms with Gasteiger partial charge in [0.25, 0.3) is 5.91 Å². The zero-order chi connectivity index (χ0) is 19.8. The van der Waals surface area contributed by atoms with Crippen molar-refractivity contribution in [2.24, 2.45) is 0 Å². The molecule has 2 N–H and O–H groups in total. The standard InChI is InChI=1S/C21H28N2O4/c1-13(19(25)22-15-11-20(2,3)23-21(4,5)12-15)26-16-8-6-14-7-9-18(24)27-17(14)10-16/h6-10,13,15,23H,11-12H2,1-5H3,(H,22,25)/t13-/m0/s1. The van der Waals surface area contributed by atoms with Crippen LogP contribution in [0.25, 0.3) is 11.0 Å². The summed E-state index contributed by atoms with van der Waals surface area (Å²) in [5.74, 6) is 0.341. The minimum atomic E-state index is -0.654. The first-order chi connectivity index (χ1) is 12.5. The maximum Gasteiger partial charge on any atom is 0.336 e. The highest BCUT2D eigenvalue weighted by Gasteiger charge is 2.38. The van der Waals surface area contributed by atoms with Gasteiger partial charge in [0.1, 0.15) is 11.3 Å². The maximum atomic E-state index is 12.6. The molecule has 1 fully saturated rings. The molecule has 2 aromatic rings. The Hall–Kier alpha value is -2.34. The summed E-state index contributed by atoms with van der Waals surface area (Å²) in [4.78, 5) is 24.0. The summed E-state index contributed by atoms with van der Waals surface area (Å²) >= 11 is 0. The van der Waals surface area contributed by atoms with E-state index in [9.17, 15) is 9.59 Å². The quantitative estimate of drug-likeness (QED) is 0.807. The van der Waals surface area contributed by atoms with Gasteiger partial charge in [-0.15, -0.1) is 0 Å². The third-order valence-corrected chi connectivity index (χ3v) is 4.81. The molecule has 6 heteroatoms. The Morgan fingerprint density at radius 3 is 2.48 bits per heavy atom. The molecule has 0 unspecified atom stereocenters. The highest BCUT2D eigenvalue weighted by molar-refractivity contribution is 5.81. The Bertz CT molecular complexity index is 884. The van der Waals surface area contributed by atoms with Crippen molar-refractivity contribution >= 4 is 16.9 Å². The van der Waals surface area contributed by atoms with E-state index in [1.807, 2.05) is 0 Å². The Morgan fingerprint density at radius 2 is 1.81 bits per heavy atom. The fourth-order valence-corrected chi connectivity index (χ4v) is 4.11. The number of carbonyl (C=O) groups excluding carboxylic acids is 1. The van der Waals surface area contributed by atoms with Crippen LogP contribution in [0.3, 0.4) is 0 Å². The molecule has 1 amide bonds. The number of fused-ring (bicyclic) bond motifs is 1. The first-order valence-electron chi connectivity index (χ1n) is 9.33. The first-order valence-corrected chi connectivity index (χ1v) is 9.33. The van der Waals surface area contributed by atoms with Crippen LogP contribution in [-0.2, 0) is 4.79 Å². The maximum absolute atomic E-state index is 12.6. The van der Waals surface area contributed by atoms with Gasteiger partial charge >= 0.3 is 5.63 Å². The Kier molecular flexibility index (Phi) is 5.04. The molecular weight excluding hydrogens is 344 g/mol. The second kappa shape index (κ2) is 7.00. The van der Waals surface area contributed by atoms with Gasteiger partial charge in [-0.3, -0.25) is 4.79 Å². The number of benzene rings is 1. The molecule has 27 heavy (non-hydrogen) atoms. The van der Waals surface area contributed by atoms with Crippen molar-refractivity contribution < 1.29 is 13.9 Å². The van der Waals surface area contributed by atoms with Gasteiger partial charge in [0.05, 0.1) is 0 Å². The van der Waals surface area contributed by atoms with Crippen LogP contribution in [0.5, 0.6) is 5.75 Å². The summed E-state index contributed by atoms with van der Waals surface area (Å²) in [6.45, 7) is 10.3. The van der Waals surface area contributed by atoms with E-state index in [4.69, 9.17) is 9.15 Å². The Balaban J connectivity index is 1.66. The van der Waals surface area contributed by atoms with Gasteiger partial charge in [-0.1, -0.05) is 0 Å². The molecule has 1 aromatic carbocycles. The fourth-order valence-electron chi connectivity index (χ4n) is 4.11. The number of carbonyl (C=O) groups is 1. The third-order valence-electron chi connectivity index (χ3n) is 4.81. The monoisotopic (exact) mass is 372 g/mol. The van der Waals surface area contributed by atoms with Crippen LogP contribution in [0, 0.1) is 0 Å². The topological polar surface area (TPSA) is 80.6 Å². The lowest BCUT2D eigenvalue weighted by molar-refractivity contribution is -0.128. The van der Waals surface area contributed by atoms with Crippen molar-refractivity contribution in [3.05, 3.63) is 40.8 Å². The van der Waals surface area contributed by atoms with Gasteiger partial charge in [0.2, 0.25) is 0 Å². The van der Waals surface area contributed by atoms with Gasteiger partial charge in [-0.2, -0.15) is 0 Å². The van der Waals surface area contributed by atoms with E-state index in [2.05, 4.69) is 38.3 Å². The van der Waals surface area contributed by atoms with Crippen molar-refractivity contribution in [3.8, 4) is 5.75 Å². The van der Waals surface area contributed by atoms with Crippen molar-refractivity contribution in [1.82, 2.24) is 10.6 Å². The van der Waals surface area contributed by atoms with Crippen LogP contribution in [-0.4, -0.2) is 29.1 Å². The summed E-state index contributed by atoms with van der Waals surface area (Å²) < 4.78 is 10.9. The van der Waals surface area contributed by atoms with Crippen LogP contribution in [0.1, 0.15) is 47.5 Å². The zero-order valence-electron chi connectivity index (χ0n) is 16.6. The second-order valence-electron chi connectivity index (χ2n) is 8.72. The lowest BCUT2D eigenvalue weighted by Crippen LogP contribution is -2.62. The molecule has 0 saturated carbocycles.